The van der Waals surface area contributed by atoms with Crippen LogP contribution in [0.2, 0.25) is 0 Å². The minimum atomic E-state index is -1.40. The molecule has 0 unspecified atom stereocenters. The second-order valence-corrected chi connectivity index (χ2v) is 5.29. The van der Waals surface area contributed by atoms with E-state index in [-0.39, 0.29) is 6.61 Å². The molecule has 0 spiro atoms. The van der Waals surface area contributed by atoms with Gasteiger partial charge in [-0.2, -0.15) is 0 Å². The summed E-state index contributed by atoms with van der Waals surface area (Å²) in [6.07, 6.45) is -6.52. The van der Waals surface area contributed by atoms with Crippen LogP contribution in [-0.2, 0) is 42.9 Å². The molecule has 1 fully saturated rings. The monoisotopic (exact) mass is 373 g/mol. The van der Waals surface area contributed by atoms with E-state index in [9.17, 15) is 19.2 Å². The number of carbonyl (C=O) groups excluding carboxylic acids is 4. The highest BCUT2D eigenvalue weighted by Gasteiger charge is 2.51. The summed E-state index contributed by atoms with van der Waals surface area (Å²) in [5.74, 6) is -2.92. The lowest BCUT2D eigenvalue weighted by molar-refractivity contribution is -0.251. The quantitative estimate of drug-likeness (QED) is 0.210. The first-order valence-corrected chi connectivity index (χ1v) is 7.50. The standard InChI is InChI=1S/C14H19N3O9/c1-6(18)22-5-10-11(23-7(2)19)12(24-8(3)20)13(25-9(4)21)14(26-10)16-17-15/h10-14H,5H2,1-4H3/t10-,11+,12-,13-,14-/m0/s1. The summed E-state index contributed by atoms with van der Waals surface area (Å²) in [6, 6.07) is 0. The average molecular weight is 373 g/mol. The third-order valence-corrected chi connectivity index (χ3v) is 3.13. The van der Waals surface area contributed by atoms with Gasteiger partial charge in [-0.05, 0) is 5.53 Å². The van der Waals surface area contributed by atoms with Crippen molar-refractivity contribution in [3.05, 3.63) is 10.4 Å². The Labute approximate surface area is 148 Å². The number of hydrogen-bond acceptors (Lipinski definition) is 10. The summed E-state index contributed by atoms with van der Waals surface area (Å²) in [7, 11) is 0. The van der Waals surface area contributed by atoms with Gasteiger partial charge in [-0.3, -0.25) is 19.2 Å². The van der Waals surface area contributed by atoms with Crippen molar-refractivity contribution in [1.29, 1.82) is 0 Å². The van der Waals surface area contributed by atoms with Gasteiger partial charge < -0.3 is 23.7 Å². The van der Waals surface area contributed by atoms with Crippen molar-refractivity contribution in [2.75, 3.05) is 6.61 Å². The Bertz CT molecular complexity index is 617. The van der Waals surface area contributed by atoms with E-state index in [1.807, 2.05) is 0 Å². The number of ether oxygens (including phenoxy) is 5. The highest BCUT2D eigenvalue weighted by molar-refractivity contribution is 5.68. The van der Waals surface area contributed by atoms with Gasteiger partial charge >= 0.3 is 23.9 Å². The summed E-state index contributed by atoms with van der Waals surface area (Å²) < 4.78 is 25.6. The van der Waals surface area contributed by atoms with Crippen molar-refractivity contribution in [3.63, 3.8) is 0 Å². The average Bonchev–Trinajstić information content (AvgIpc) is 2.50. The lowest BCUT2D eigenvalue weighted by atomic mass is 9.97. The largest absolute Gasteiger partial charge is 0.463 e. The molecular weight excluding hydrogens is 354 g/mol. The first-order chi connectivity index (χ1) is 12.1. The van der Waals surface area contributed by atoms with E-state index >= 15 is 0 Å². The normalized spacial score (nSPS) is 27.5. The first kappa shape index (κ1) is 21.2. The molecular formula is C14H19N3O9. The minimum absolute atomic E-state index is 0.380. The molecule has 1 saturated heterocycles. The Morgan fingerprint density at radius 1 is 0.885 bits per heavy atom. The lowest BCUT2D eigenvalue weighted by Crippen LogP contribution is -2.61. The maximum atomic E-state index is 11.5. The predicted molar refractivity (Wildman–Crippen MR) is 81.1 cm³/mol. The van der Waals surface area contributed by atoms with E-state index in [1.165, 1.54) is 0 Å². The highest BCUT2D eigenvalue weighted by atomic mass is 16.7. The molecule has 0 saturated carbocycles. The number of hydrogen-bond donors (Lipinski definition) is 0. The van der Waals surface area contributed by atoms with Gasteiger partial charge in [0.1, 0.15) is 12.7 Å². The highest BCUT2D eigenvalue weighted by Crippen LogP contribution is 2.29. The second kappa shape index (κ2) is 9.59. The molecule has 0 aliphatic carbocycles. The third-order valence-electron chi connectivity index (χ3n) is 3.13. The van der Waals surface area contributed by atoms with Crippen LogP contribution in [0.25, 0.3) is 10.4 Å². The molecule has 0 radical (unpaired) electrons. The summed E-state index contributed by atoms with van der Waals surface area (Å²) >= 11 is 0. The number of carbonyl (C=O) groups is 4. The van der Waals surface area contributed by atoms with Crippen LogP contribution in [0.15, 0.2) is 5.11 Å². The van der Waals surface area contributed by atoms with Gasteiger partial charge in [0.15, 0.2) is 24.5 Å². The minimum Gasteiger partial charge on any atom is -0.463 e. The molecule has 0 amide bonds. The van der Waals surface area contributed by atoms with Gasteiger partial charge in [0, 0.05) is 32.6 Å². The maximum Gasteiger partial charge on any atom is 0.303 e. The molecule has 1 aliphatic heterocycles. The summed E-state index contributed by atoms with van der Waals surface area (Å²) in [6.45, 7) is 4.06. The molecule has 12 nitrogen and oxygen atoms in total. The number of azide groups is 1. The van der Waals surface area contributed by atoms with Crippen molar-refractivity contribution in [1.82, 2.24) is 0 Å². The molecule has 26 heavy (non-hydrogen) atoms. The molecule has 0 aromatic rings. The molecule has 0 aromatic heterocycles. The summed E-state index contributed by atoms with van der Waals surface area (Å²) in [5, 5.41) is 3.38. The van der Waals surface area contributed by atoms with E-state index in [0.717, 1.165) is 27.7 Å². The number of esters is 4. The molecule has 1 rings (SSSR count). The number of nitrogens with zero attached hydrogens (tertiary/aromatic N) is 3. The zero-order valence-corrected chi connectivity index (χ0v) is 14.6. The SMILES string of the molecule is CC(=O)OC[C@@H]1O[C@H](N=[N+]=[N-])[C@@H](OC(C)=O)[C@@H](OC(C)=O)[C@@H]1OC(C)=O. The van der Waals surface area contributed by atoms with E-state index in [4.69, 9.17) is 29.2 Å². The molecule has 12 heteroatoms. The van der Waals surface area contributed by atoms with Crippen LogP contribution < -0.4 is 0 Å². The van der Waals surface area contributed by atoms with Crippen molar-refractivity contribution < 1.29 is 42.9 Å². The Morgan fingerprint density at radius 2 is 1.38 bits per heavy atom. The smallest absolute Gasteiger partial charge is 0.303 e. The summed E-state index contributed by atoms with van der Waals surface area (Å²) in [4.78, 5) is 48.0. The van der Waals surface area contributed by atoms with Crippen molar-refractivity contribution >= 4 is 23.9 Å². The van der Waals surface area contributed by atoms with Crippen molar-refractivity contribution in [2.45, 2.75) is 58.3 Å². The fourth-order valence-corrected chi connectivity index (χ4v) is 2.35. The Morgan fingerprint density at radius 3 is 1.85 bits per heavy atom. The van der Waals surface area contributed by atoms with Gasteiger partial charge in [-0.1, -0.05) is 5.11 Å². The van der Waals surface area contributed by atoms with Gasteiger partial charge in [0.2, 0.25) is 0 Å². The van der Waals surface area contributed by atoms with Crippen LogP contribution in [0, 0.1) is 0 Å². The van der Waals surface area contributed by atoms with Crippen LogP contribution in [0.1, 0.15) is 27.7 Å². The molecule has 0 N–H and O–H groups in total. The molecule has 0 aromatic carbocycles. The molecule has 5 atom stereocenters. The molecule has 1 aliphatic rings. The molecule has 1 heterocycles. The molecule has 144 valence electrons. The second-order valence-electron chi connectivity index (χ2n) is 5.29. The fraction of sp³-hybridized carbons (Fsp3) is 0.714. The van der Waals surface area contributed by atoms with Gasteiger partial charge in [-0.25, -0.2) is 0 Å². The van der Waals surface area contributed by atoms with Crippen LogP contribution in [0.4, 0.5) is 0 Å². The van der Waals surface area contributed by atoms with Crippen molar-refractivity contribution in [3.8, 4) is 0 Å². The van der Waals surface area contributed by atoms with Crippen LogP contribution in [0.3, 0.4) is 0 Å². The zero-order valence-electron chi connectivity index (χ0n) is 14.6. The summed E-state index contributed by atoms with van der Waals surface area (Å²) in [5.41, 5.74) is 8.71. The van der Waals surface area contributed by atoms with Crippen molar-refractivity contribution in [2.24, 2.45) is 5.11 Å². The van der Waals surface area contributed by atoms with Gasteiger partial charge in [0.05, 0.1) is 0 Å². The number of rotatable bonds is 6. The van der Waals surface area contributed by atoms with Crippen LogP contribution in [-0.4, -0.2) is 61.1 Å². The Balaban J connectivity index is 3.28. The Hall–Kier alpha value is -2.85. The van der Waals surface area contributed by atoms with E-state index < -0.39 is 54.5 Å². The third kappa shape index (κ3) is 6.22. The maximum absolute atomic E-state index is 11.5. The fourth-order valence-electron chi connectivity index (χ4n) is 2.35. The Kier molecular flexibility index (Phi) is 7.81. The lowest BCUT2D eigenvalue weighted by Gasteiger charge is -2.43. The van der Waals surface area contributed by atoms with Crippen LogP contribution in [0.5, 0.6) is 0 Å². The van der Waals surface area contributed by atoms with E-state index in [0.29, 0.717) is 0 Å². The topological polar surface area (TPSA) is 163 Å². The van der Waals surface area contributed by atoms with Gasteiger partial charge in [0.25, 0.3) is 0 Å². The van der Waals surface area contributed by atoms with E-state index in [2.05, 4.69) is 10.0 Å². The van der Waals surface area contributed by atoms with Gasteiger partial charge in [-0.15, -0.1) is 0 Å². The first-order valence-electron chi connectivity index (χ1n) is 7.50. The zero-order chi connectivity index (χ0) is 19.9. The predicted octanol–water partition coefficient (Wildman–Crippen LogP) is 0.380. The van der Waals surface area contributed by atoms with Crippen LogP contribution >= 0.6 is 0 Å². The van der Waals surface area contributed by atoms with E-state index in [1.54, 1.807) is 0 Å². The molecule has 0 bridgehead atoms.